The third-order valence-electron chi connectivity index (χ3n) is 3.42. The number of halogens is 1. The first-order valence-corrected chi connectivity index (χ1v) is 6.78. The first-order valence-electron chi connectivity index (χ1n) is 6.78. The van der Waals surface area contributed by atoms with Crippen LogP contribution in [0.5, 0.6) is 0 Å². The monoisotopic (exact) mass is 272 g/mol. The van der Waals surface area contributed by atoms with Gasteiger partial charge in [0.15, 0.2) is 0 Å². The summed E-state index contributed by atoms with van der Waals surface area (Å²) in [5, 5.41) is 3.25. The van der Waals surface area contributed by atoms with Crippen molar-refractivity contribution >= 4 is 11.6 Å². The van der Waals surface area contributed by atoms with Gasteiger partial charge in [-0.25, -0.2) is 14.4 Å². The number of rotatable bonds is 4. The highest BCUT2D eigenvalue weighted by molar-refractivity contribution is 5.47. The van der Waals surface area contributed by atoms with Crippen molar-refractivity contribution in [2.24, 2.45) is 0 Å². The average molecular weight is 272 g/mol. The number of nitrogen functional groups attached to an aromatic ring is 1. The van der Waals surface area contributed by atoms with Crippen LogP contribution >= 0.6 is 0 Å². The SMILES string of the molecule is CC(Nc1cc(N)nc(C2CC2)n1)c1cccc(F)c1. The van der Waals surface area contributed by atoms with Gasteiger partial charge in [-0.1, -0.05) is 12.1 Å². The Labute approximate surface area is 117 Å². The molecule has 1 heterocycles. The van der Waals surface area contributed by atoms with Gasteiger partial charge in [-0.05, 0) is 37.5 Å². The largest absolute Gasteiger partial charge is 0.384 e. The minimum atomic E-state index is -0.239. The van der Waals surface area contributed by atoms with E-state index in [0.717, 1.165) is 24.2 Å². The summed E-state index contributed by atoms with van der Waals surface area (Å²) in [6.45, 7) is 1.96. The first kappa shape index (κ1) is 12.8. The molecule has 1 saturated carbocycles. The maximum Gasteiger partial charge on any atom is 0.136 e. The second kappa shape index (κ2) is 5.07. The Morgan fingerprint density at radius 1 is 1.30 bits per heavy atom. The number of nitrogens with zero attached hydrogens (tertiary/aromatic N) is 2. The lowest BCUT2D eigenvalue weighted by Crippen LogP contribution is -2.10. The molecule has 3 rings (SSSR count). The number of nitrogens with two attached hydrogens (primary N) is 1. The number of anilines is 2. The third-order valence-corrected chi connectivity index (χ3v) is 3.42. The van der Waals surface area contributed by atoms with Gasteiger partial charge in [0.05, 0.1) is 6.04 Å². The quantitative estimate of drug-likeness (QED) is 0.896. The molecule has 1 fully saturated rings. The molecule has 1 aliphatic rings. The number of benzene rings is 1. The molecule has 2 aromatic rings. The maximum atomic E-state index is 13.2. The molecular weight excluding hydrogens is 255 g/mol. The van der Waals surface area contributed by atoms with Crippen LogP contribution in [0, 0.1) is 5.82 Å². The van der Waals surface area contributed by atoms with Crippen LogP contribution in [0.4, 0.5) is 16.0 Å². The molecule has 1 aromatic heterocycles. The molecule has 1 atom stereocenters. The molecule has 0 bridgehead atoms. The van der Waals surface area contributed by atoms with Crippen LogP contribution in [0.2, 0.25) is 0 Å². The number of hydrogen-bond donors (Lipinski definition) is 2. The Hall–Kier alpha value is -2.17. The lowest BCUT2D eigenvalue weighted by molar-refractivity contribution is 0.623. The van der Waals surface area contributed by atoms with E-state index in [2.05, 4.69) is 15.3 Å². The van der Waals surface area contributed by atoms with Gasteiger partial charge in [0.2, 0.25) is 0 Å². The lowest BCUT2D eigenvalue weighted by Gasteiger charge is -2.16. The molecule has 0 spiro atoms. The smallest absolute Gasteiger partial charge is 0.136 e. The molecule has 20 heavy (non-hydrogen) atoms. The molecule has 5 heteroatoms. The first-order chi connectivity index (χ1) is 9.61. The van der Waals surface area contributed by atoms with E-state index < -0.39 is 0 Å². The molecule has 0 radical (unpaired) electrons. The summed E-state index contributed by atoms with van der Waals surface area (Å²) < 4.78 is 13.2. The molecule has 4 nitrogen and oxygen atoms in total. The van der Waals surface area contributed by atoms with E-state index in [0.29, 0.717) is 17.6 Å². The van der Waals surface area contributed by atoms with Crippen LogP contribution in [0.1, 0.15) is 43.1 Å². The highest BCUT2D eigenvalue weighted by Gasteiger charge is 2.27. The van der Waals surface area contributed by atoms with Gasteiger partial charge in [-0.2, -0.15) is 0 Å². The summed E-state index contributed by atoms with van der Waals surface area (Å²) in [5.74, 6) is 2.17. The molecule has 0 amide bonds. The molecule has 0 saturated heterocycles. The van der Waals surface area contributed by atoms with Gasteiger partial charge in [0.25, 0.3) is 0 Å². The van der Waals surface area contributed by atoms with Crippen molar-refractivity contribution in [2.75, 3.05) is 11.1 Å². The van der Waals surface area contributed by atoms with Crippen LogP contribution in [-0.2, 0) is 0 Å². The van der Waals surface area contributed by atoms with E-state index in [1.165, 1.54) is 12.1 Å². The van der Waals surface area contributed by atoms with Gasteiger partial charge in [-0.15, -0.1) is 0 Å². The van der Waals surface area contributed by atoms with Crippen molar-refractivity contribution in [3.63, 3.8) is 0 Å². The van der Waals surface area contributed by atoms with Crippen molar-refractivity contribution in [3.05, 3.63) is 47.5 Å². The van der Waals surface area contributed by atoms with E-state index in [9.17, 15) is 4.39 Å². The van der Waals surface area contributed by atoms with Gasteiger partial charge in [0.1, 0.15) is 23.3 Å². The molecule has 104 valence electrons. The number of hydrogen-bond acceptors (Lipinski definition) is 4. The summed E-state index contributed by atoms with van der Waals surface area (Å²) in [7, 11) is 0. The van der Waals surface area contributed by atoms with Crippen LogP contribution in [-0.4, -0.2) is 9.97 Å². The zero-order valence-electron chi connectivity index (χ0n) is 11.3. The lowest BCUT2D eigenvalue weighted by atomic mass is 10.1. The Balaban J connectivity index is 1.80. The number of nitrogens with one attached hydrogen (secondary N) is 1. The van der Waals surface area contributed by atoms with Crippen molar-refractivity contribution in [1.82, 2.24) is 9.97 Å². The fourth-order valence-corrected chi connectivity index (χ4v) is 2.16. The molecule has 1 aromatic carbocycles. The topological polar surface area (TPSA) is 63.8 Å². The second-order valence-electron chi connectivity index (χ2n) is 5.23. The fraction of sp³-hybridized carbons (Fsp3) is 0.333. The van der Waals surface area contributed by atoms with E-state index >= 15 is 0 Å². The van der Waals surface area contributed by atoms with Gasteiger partial charge in [-0.3, -0.25) is 0 Å². The Morgan fingerprint density at radius 2 is 2.10 bits per heavy atom. The highest BCUT2D eigenvalue weighted by atomic mass is 19.1. The van der Waals surface area contributed by atoms with Crippen LogP contribution < -0.4 is 11.1 Å². The zero-order chi connectivity index (χ0) is 14.1. The van der Waals surface area contributed by atoms with E-state index in [1.54, 1.807) is 12.1 Å². The van der Waals surface area contributed by atoms with Gasteiger partial charge in [0, 0.05) is 12.0 Å². The highest BCUT2D eigenvalue weighted by Crippen LogP contribution is 2.38. The van der Waals surface area contributed by atoms with E-state index in [-0.39, 0.29) is 11.9 Å². The molecule has 3 N–H and O–H groups in total. The minimum absolute atomic E-state index is 0.0490. The molecular formula is C15H17FN4. The van der Waals surface area contributed by atoms with E-state index in [1.807, 2.05) is 13.0 Å². The Morgan fingerprint density at radius 3 is 2.80 bits per heavy atom. The normalized spacial score (nSPS) is 15.9. The fourth-order valence-electron chi connectivity index (χ4n) is 2.16. The summed E-state index contributed by atoms with van der Waals surface area (Å²) in [6.07, 6.45) is 2.25. The minimum Gasteiger partial charge on any atom is -0.384 e. The molecule has 1 aliphatic carbocycles. The molecule has 0 aliphatic heterocycles. The summed E-state index contributed by atoms with van der Waals surface area (Å²) in [4.78, 5) is 8.74. The molecule has 1 unspecified atom stereocenters. The van der Waals surface area contributed by atoms with Crippen molar-refractivity contribution in [3.8, 4) is 0 Å². The van der Waals surface area contributed by atoms with Crippen molar-refractivity contribution < 1.29 is 4.39 Å². The van der Waals surface area contributed by atoms with Gasteiger partial charge < -0.3 is 11.1 Å². The Bertz CT molecular complexity index is 625. The summed E-state index contributed by atoms with van der Waals surface area (Å²) >= 11 is 0. The maximum absolute atomic E-state index is 13.2. The Kier molecular flexibility index (Phi) is 3.26. The van der Waals surface area contributed by atoms with Crippen molar-refractivity contribution in [1.29, 1.82) is 0 Å². The van der Waals surface area contributed by atoms with Gasteiger partial charge >= 0.3 is 0 Å². The van der Waals surface area contributed by atoms with Crippen LogP contribution in [0.15, 0.2) is 30.3 Å². The second-order valence-corrected chi connectivity index (χ2v) is 5.23. The predicted octanol–water partition coefficient (Wildman–Crippen LogP) is 3.25. The zero-order valence-corrected chi connectivity index (χ0v) is 11.3. The standard InChI is InChI=1S/C15H17FN4/c1-9(11-3-2-4-12(16)7-11)18-14-8-13(17)19-15(20-14)10-5-6-10/h2-4,7-10H,5-6H2,1H3,(H3,17,18,19,20). The average Bonchev–Trinajstić information content (AvgIpc) is 3.22. The third kappa shape index (κ3) is 2.87. The predicted molar refractivity (Wildman–Crippen MR) is 76.9 cm³/mol. The van der Waals surface area contributed by atoms with Crippen LogP contribution in [0.25, 0.3) is 0 Å². The number of aromatic nitrogens is 2. The van der Waals surface area contributed by atoms with E-state index in [4.69, 9.17) is 5.73 Å². The summed E-state index contributed by atoms with van der Waals surface area (Å²) in [6, 6.07) is 8.20. The van der Waals surface area contributed by atoms with Crippen LogP contribution in [0.3, 0.4) is 0 Å². The summed E-state index contributed by atoms with van der Waals surface area (Å²) in [5.41, 5.74) is 6.68. The van der Waals surface area contributed by atoms with Crippen molar-refractivity contribution in [2.45, 2.75) is 31.7 Å².